The molecule has 0 bridgehead atoms. The number of nitrogens with zero attached hydrogens (tertiary/aromatic N) is 1. The number of aliphatic carboxylic acids is 1. The number of amides is 2. The van der Waals surface area contributed by atoms with E-state index in [1.165, 1.54) is 0 Å². The molecular formula is C14H14ClN3O4. The van der Waals surface area contributed by atoms with Crippen molar-refractivity contribution in [2.75, 3.05) is 13.1 Å². The van der Waals surface area contributed by atoms with E-state index in [0.29, 0.717) is 5.02 Å². The minimum Gasteiger partial charge on any atom is -0.480 e. The topological polar surface area (TPSA) is 100 Å². The van der Waals surface area contributed by atoms with Crippen molar-refractivity contribution in [3.8, 4) is 0 Å². The number of benzene rings is 1. The summed E-state index contributed by atoms with van der Waals surface area (Å²) in [6.45, 7) is -0.711. The second kappa shape index (κ2) is 6.95. The Kier molecular flexibility index (Phi) is 5.00. The van der Waals surface area contributed by atoms with Gasteiger partial charge in [0.15, 0.2) is 0 Å². The van der Waals surface area contributed by atoms with Gasteiger partial charge < -0.3 is 20.3 Å². The minimum atomic E-state index is -1.14. The fourth-order valence-electron chi connectivity index (χ4n) is 1.95. The lowest BCUT2D eigenvalue weighted by molar-refractivity contribution is -0.137. The summed E-state index contributed by atoms with van der Waals surface area (Å²) in [6, 6.07) is 7.21. The van der Waals surface area contributed by atoms with Gasteiger partial charge in [-0.25, -0.2) is 0 Å². The molecule has 0 aliphatic carbocycles. The molecule has 0 atom stereocenters. The number of hydrogen-bond acceptors (Lipinski definition) is 3. The van der Waals surface area contributed by atoms with E-state index < -0.39 is 18.4 Å². The van der Waals surface area contributed by atoms with E-state index in [1.54, 1.807) is 22.9 Å². The molecule has 0 saturated heterocycles. The normalized spacial score (nSPS) is 10.4. The van der Waals surface area contributed by atoms with Crippen molar-refractivity contribution in [3.63, 3.8) is 0 Å². The Hall–Kier alpha value is -2.54. The number of rotatable bonds is 6. The van der Waals surface area contributed by atoms with Crippen molar-refractivity contribution in [2.45, 2.75) is 6.54 Å². The predicted octanol–water partition coefficient (Wildman–Crippen LogP) is 0.612. The van der Waals surface area contributed by atoms with Crippen LogP contribution in [-0.4, -0.2) is 40.5 Å². The van der Waals surface area contributed by atoms with Crippen molar-refractivity contribution >= 4 is 40.3 Å². The summed E-state index contributed by atoms with van der Waals surface area (Å²) in [5.74, 6) is -2.06. The molecule has 116 valence electrons. The van der Waals surface area contributed by atoms with Gasteiger partial charge in [-0.1, -0.05) is 17.7 Å². The molecule has 1 aromatic carbocycles. The first-order valence-electron chi connectivity index (χ1n) is 6.46. The highest BCUT2D eigenvalue weighted by Gasteiger charge is 2.10. The molecule has 22 heavy (non-hydrogen) atoms. The van der Waals surface area contributed by atoms with Crippen LogP contribution in [0.4, 0.5) is 0 Å². The maximum Gasteiger partial charge on any atom is 0.322 e. The molecule has 7 nitrogen and oxygen atoms in total. The lowest BCUT2D eigenvalue weighted by Gasteiger charge is -2.07. The Labute approximate surface area is 130 Å². The fraction of sp³-hybridized carbons (Fsp3) is 0.214. The van der Waals surface area contributed by atoms with Gasteiger partial charge in [0.05, 0.1) is 6.54 Å². The number of carboxylic acid groups (broad SMARTS) is 1. The van der Waals surface area contributed by atoms with Gasteiger partial charge in [0.25, 0.3) is 0 Å². The standard InChI is InChI=1S/C14H14ClN3O4/c15-10-2-1-3-11-9(10)4-5-18(11)8-13(20)16-6-12(19)17-7-14(21)22/h1-5H,6-8H2,(H,16,20)(H,17,19)(H,21,22). The van der Waals surface area contributed by atoms with Crippen molar-refractivity contribution in [3.05, 3.63) is 35.5 Å². The van der Waals surface area contributed by atoms with Gasteiger partial charge in [-0.2, -0.15) is 0 Å². The summed E-state index contributed by atoms with van der Waals surface area (Å²) >= 11 is 6.06. The first-order chi connectivity index (χ1) is 10.5. The van der Waals surface area contributed by atoms with E-state index in [1.807, 2.05) is 12.1 Å². The first-order valence-corrected chi connectivity index (χ1v) is 6.83. The lowest BCUT2D eigenvalue weighted by atomic mass is 10.2. The van der Waals surface area contributed by atoms with Crippen LogP contribution in [0.5, 0.6) is 0 Å². The maximum absolute atomic E-state index is 11.8. The summed E-state index contributed by atoms with van der Waals surface area (Å²) in [5.41, 5.74) is 0.818. The van der Waals surface area contributed by atoms with Crippen LogP contribution in [0.15, 0.2) is 30.5 Å². The molecule has 0 spiro atoms. The molecule has 3 N–H and O–H groups in total. The van der Waals surface area contributed by atoms with Crippen LogP contribution in [0, 0.1) is 0 Å². The molecule has 0 fully saturated rings. The average Bonchev–Trinajstić information content (AvgIpc) is 2.87. The summed E-state index contributed by atoms with van der Waals surface area (Å²) in [7, 11) is 0. The van der Waals surface area contributed by atoms with Crippen LogP contribution >= 0.6 is 11.6 Å². The van der Waals surface area contributed by atoms with Gasteiger partial charge in [-0.15, -0.1) is 0 Å². The molecular weight excluding hydrogens is 310 g/mol. The van der Waals surface area contributed by atoms with Crippen molar-refractivity contribution in [2.24, 2.45) is 0 Å². The minimum absolute atomic E-state index is 0.0378. The Balaban J connectivity index is 1.90. The highest BCUT2D eigenvalue weighted by molar-refractivity contribution is 6.35. The van der Waals surface area contributed by atoms with E-state index in [0.717, 1.165) is 10.9 Å². The third kappa shape index (κ3) is 3.98. The van der Waals surface area contributed by atoms with Gasteiger partial charge in [0.1, 0.15) is 13.1 Å². The van der Waals surface area contributed by atoms with Gasteiger partial charge in [-0.05, 0) is 18.2 Å². The Morgan fingerprint density at radius 1 is 1.09 bits per heavy atom. The van der Waals surface area contributed by atoms with Gasteiger partial charge in [-0.3, -0.25) is 14.4 Å². The number of nitrogens with one attached hydrogen (secondary N) is 2. The Morgan fingerprint density at radius 2 is 1.82 bits per heavy atom. The molecule has 0 radical (unpaired) electrons. The number of aromatic nitrogens is 1. The fourth-order valence-corrected chi connectivity index (χ4v) is 2.18. The lowest BCUT2D eigenvalue weighted by Crippen LogP contribution is -2.40. The SMILES string of the molecule is O=C(O)CNC(=O)CNC(=O)Cn1ccc2c(Cl)cccc21. The number of hydrogen-bond donors (Lipinski definition) is 3. The third-order valence-electron chi connectivity index (χ3n) is 2.96. The van der Waals surface area contributed by atoms with Gasteiger partial charge in [0, 0.05) is 22.1 Å². The van der Waals surface area contributed by atoms with Crippen LogP contribution < -0.4 is 10.6 Å². The summed E-state index contributed by atoms with van der Waals surface area (Å²) in [5, 5.41) is 14.4. The maximum atomic E-state index is 11.8. The molecule has 1 heterocycles. The molecule has 1 aromatic heterocycles. The highest BCUT2D eigenvalue weighted by atomic mass is 35.5. The summed E-state index contributed by atoms with van der Waals surface area (Å²) < 4.78 is 1.71. The van der Waals surface area contributed by atoms with Gasteiger partial charge in [0.2, 0.25) is 11.8 Å². The summed E-state index contributed by atoms with van der Waals surface area (Å²) in [4.78, 5) is 33.4. The van der Waals surface area contributed by atoms with Crippen molar-refractivity contribution in [1.82, 2.24) is 15.2 Å². The quantitative estimate of drug-likeness (QED) is 0.725. The molecule has 2 amide bonds. The highest BCUT2D eigenvalue weighted by Crippen LogP contribution is 2.23. The second-order valence-corrected chi connectivity index (χ2v) is 4.97. The van der Waals surface area contributed by atoms with Crippen LogP contribution in [0.25, 0.3) is 10.9 Å². The van der Waals surface area contributed by atoms with E-state index in [9.17, 15) is 14.4 Å². The monoisotopic (exact) mass is 323 g/mol. The van der Waals surface area contributed by atoms with Crippen LogP contribution in [0.2, 0.25) is 5.02 Å². The van der Waals surface area contributed by atoms with E-state index in [2.05, 4.69) is 10.6 Å². The molecule has 0 unspecified atom stereocenters. The number of carbonyl (C=O) groups is 3. The van der Waals surface area contributed by atoms with Crippen molar-refractivity contribution in [1.29, 1.82) is 0 Å². The van der Waals surface area contributed by atoms with E-state index >= 15 is 0 Å². The summed E-state index contributed by atoms with van der Waals surface area (Å²) in [6.07, 6.45) is 1.74. The number of carbonyl (C=O) groups excluding carboxylic acids is 2. The zero-order valence-corrected chi connectivity index (χ0v) is 12.3. The first kappa shape index (κ1) is 15.8. The molecule has 0 aliphatic heterocycles. The molecule has 2 rings (SSSR count). The van der Waals surface area contributed by atoms with Crippen LogP contribution in [0.3, 0.4) is 0 Å². The second-order valence-electron chi connectivity index (χ2n) is 4.56. The van der Waals surface area contributed by atoms with Gasteiger partial charge >= 0.3 is 5.97 Å². The van der Waals surface area contributed by atoms with Crippen LogP contribution in [0.1, 0.15) is 0 Å². The van der Waals surface area contributed by atoms with E-state index in [4.69, 9.17) is 16.7 Å². The molecule has 0 saturated carbocycles. The van der Waals surface area contributed by atoms with Crippen molar-refractivity contribution < 1.29 is 19.5 Å². The zero-order chi connectivity index (χ0) is 16.1. The Morgan fingerprint density at radius 3 is 2.55 bits per heavy atom. The zero-order valence-electron chi connectivity index (χ0n) is 11.5. The molecule has 8 heteroatoms. The number of fused-ring (bicyclic) bond motifs is 1. The third-order valence-corrected chi connectivity index (χ3v) is 3.29. The number of carboxylic acids is 1. The van der Waals surface area contributed by atoms with E-state index in [-0.39, 0.29) is 19.0 Å². The molecule has 2 aromatic rings. The Bertz CT molecular complexity index is 726. The smallest absolute Gasteiger partial charge is 0.322 e. The molecule has 0 aliphatic rings. The average molecular weight is 324 g/mol. The number of halogens is 1. The van der Waals surface area contributed by atoms with Crippen LogP contribution in [-0.2, 0) is 20.9 Å². The predicted molar refractivity (Wildman–Crippen MR) is 80.6 cm³/mol. The largest absolute Gasteiger partial charge is 0.480 e.